The molecule has 0 spiro atoms. The number of urea groups is 1. The number of H-pyrrole nitrogens is 1. The number of carbonyl (C=O) groups is 1. The van der Waals surface area contributed by atoms with E-state index < -0.39 is 0 Å². The van der Waals surface area contributed by atoms with Crippen LogP contribution in [0.15, 0.2) is 29.1 Å². The molecule has 2 N–H and O–H groups in total. The van der Waals surface area contributed by atoms with Crippen LogP contribution < -0.4 is 10.9 Å². The third-order valence-electron chi connectivity index (χ3n) is 4.02. The molecule has 2 aromatic rings. The molecule has 2 amide bonds. The molecule has 0 saturated carbocycles. The summed E-state index contributed by atoms with van der Waals surface area (Å²) in [5.41, 5.74) is 1.93. The van der Waals surface area contributed by atoms with Crippen molar-refractivity contribution in [2.75, 3.05) is 13.1 Å². The number of aromatic nitrogens is 2. The first-order valence-corrected chi connectivity index (χ1v) is 7.95. The minimum Gasteiger partial charge on any atom is -0.338 e. The van der Waals surface area contributed by atoms with Gasteiger partial charge in [0.1, 0.15) is 11.6 Å². The number of nitrogens with zero attached hydrogens (tertiary/aromatic N) is 2. The molecule has 0 bridgehead atoms. The highest BCUT2D eigenvalue weighted by Gasteiger charge is 2.24. The molecule has 1 aromatic heterocycles. The molecule has 0 fully saturated rings. The summed E-state index contributed by atoms with van der Waals surface area (Å²) in [6, 6.07) is 5.95. The van der Waals surface area contributed by atoms with Gasteiger partial charge in [-0.2, -0.15) is 0 Å². The smallest absolute Gasteiger partial charge is 0.317 e. The van der Waals surface area contributed by atoms with Gasteiger partial charge in [0, 0.05) is 25.9 Å². The number of aromatic amines is 1. The van der Waals surface area contributed by atoms with Gasteiger partial charge in [0.2, 0.25) is 0 Å². The third-order valence-corrected chi connectivity index (χ3v) is 4.02. The number of nitrogens with one attached hydrogen (secondary N) is 2. The second kappa shape index (κ2) is 6.82. The van der Waals surface area contributed by atoms with E-state index in [1.807, 2.05) is 6.92 Å². The first kappa shape index (κ1) is 16.2. The van der Waals surface area contributed by atoms with Crippen LogP contribution >= 0.6 is 0 Å². The van der Waals surface area contributed by atoms with Crippen molar-refractivity contribution in [2.45, 2.75) is 26.3 Å². The van der Waals surface area contributed by atoms with E-state index in [1.165, 1.54) is 12.1 Å². The number of halogens is 1. The number of carbonyl (C=O) groups excluding carboxylic acids is 1. The highest BCUT2D eigenvalue weighted by molar-refractivity contribution is 5.74. The Kier molecular flexibility index (Phi) is 4.59. The van der Waals surface area contributed by atoms with E-state index in [0.29, 0.717) is 37.3 Å². The second-order valence-electron chi connectivity index (χ2n) is 5.75. The average molecular weight is 330 g/mol. The summed E-state index contributed by atoms with van der Waals surface area (Å²) < 4.78 is 13.0. The molecule has 24 heavy (non-hydrogen) atoms. The van der Waals surface area contributed by atoms with Gasteiger partial charge in [0.25, 0.3) is 5.56 Å². The Hall–Kier alpha value is -2.70. The summed E-state index contributed by atoms with van der Waals surface area (Å²) in [4.78, 5) is 33.2. The molecule has 0 radical (unpaired) electrons. The number of benzene rings is 1. The quantitative estimate of drug-likeness (QED) is 0.897. The number of hydrogen-bond donors (Lipinski definition) is 2. The van der Waals surface area contributed by atoms with Crippen LogP contribution in [0, 0.1) is 5.82 Å². The predicted octanol–water partition coefficient (Wildman–Crippen LogP) is 1.59. The van der Waals surface area contributed by atoms with E-state index in [-0.39, 0.29) is 24.0 Å². The largest absolute Gasteiger partial charge is 0.338 e. The maximum Gasteiger partial charge on any atom is 0.317 e. The van der Waals surface area contributed by atoms with Crippen molar-refractivity contribution >= 4 is 6.03 Å². The molecular weight excluding hydrogens is 311 g/mol. The molecule has 0 unspecified atom stereocenters. The lowest BCUT2D eigenvalue weighted by atomic mass is 10.1. The Morgan fingerprint density at radius 2 is 2.12 bits per heavy atom. The molecular formula is C17H19FN4O2. The van der Waals surface area contributed by atoms with Gasteiger partial charge in [-0.1, -0.05) is 12.1 Å². The molecule has 0 atom stereocenters. The van der Waals surface area contributed by atoms with Crippen molar-refractivity contribution in [1.29, 1.82) is 0 Å². The lowest BCUT2D eigenvalue weighted by molar-refractivity contribution is 0.192. The summed E-state index contributed by atoms with van der Waals surface area (Å²) in [6.07, 6.45) is 0.982. The minimum atomic E-state index is -0.295. The Balaban J connectivity index is 1.80. The predicted molar refractivity (Wildman–Crippen MR) is 87.3 cm³/mol. The van der Waals surface area contributed by atoms with Crippen molar-refractivity contribution in [3.05, 3.63) is 63.1 Å². The standard InChI is InChI=1S/C17H19FN4O2/c1-2-19-17(24)22-8-7-14-13(10-22)16(23)21-15(20-14)9-11-3-5-12(18)6-4-11/h3-6H,2,7-10H2,1H3,(H,19,24)(H,20,21,23). The molecule has 0 saturated heterocycles. The van der Waals surface area contributed by atoms with E-state index in [4.69, 9.17) is 0 Å². The fourth-order valence-electron chi connectivity index (χ4n) is 2.79. The van der Waals surface area contributed by atoms with Gasteiger partial charge < -0.3 is 15.2 Å². The number of hydrogen-bond acceptors (Lipinski definition) is 3. The zero-order valence-electron chi connectivity index (χ0n) is 13.4. The van der Waals surface area contributed by atoms with Crippen LogP contribution in [0.2, 0.25) is 0 Å². The normalized spacial score (nSPS) is 13.5. The summed E-state index contributed by atoms with van der Waals surface area (Å²) in [7, 11) is 0. The summed E-state index contributed by atoms with van der Waals surface area (Å²) in [5.74, 6) is 0.257. The fraction of sp³-hybridized carbons (Fsp3) is 0.353. The summed E-state index contributed by atoms with van der Waals surface area (Å²) in [5, 5.41) is 2.74. The van der Waals surface area contributed by atoms with E-state index in [2.05, 4.69) is 15.3 Å². The van der Waals surface area contributed by atoms with Crippen LogP contribution in [-0.4, -0.2) is 34.0 Å². The highest BCUT2D eigenvalue weighted by atomic mass is 19.1. The van der Waals surface area contributed by atoms with E-state index >= 15 is 0 Å². The van der Waals surface area contributed by atoms with Gasteiger partial charge in [0.15, 0.2) is 0 Å². The van der Waals surface area contributed by atoms with Crippen LogP contribution in [0.1, 0.15) is 29.6 Å². The SMILES string of the molecule is CCNC(=O)N1CCc2nc(Cc3ccc(F)cc3)[nH]c(=O)c2C1. The first-order chi connectivity index (χ1) is 11.6. The molecule has 1 aliphatic heterocycles. The van der Waals surface area contributed by atoms with Gasteiger partial charge in [0.05, 0.1) is 17.8 Å². The van der Waals surface area contributed by atoms with Crippen LogP contribution in [0.4, 0.5) is 9.18 Å². The van der Waals surface area contributed by atoms with E-state index in [0.717, 1.165) is 11.3 Å². The minimum absolute atomic E-state index is 0.169. The number of amides is 2. The third kappa shape index (κ3) is 3.45. The molecule has 0 aliphatic carbocycles. The fourth-order valence-corrected chi connectivity index (χ4v) is 2.79. The average Bonchev–Trinajstić information content (AvgIpc) is 2.57. The zero-order valence-corrected chi connectivity index (χ0v) is 13.4. The maximum atomic E-state index is 13.0. The van der Waals surface area contributed by atoms with Gasteiger partial charge >= 0.3 is 6.03 Å². The van der Waals surface area contributed by atoms with Crippen LogP contribution in [-0.2, 0) is 19.4 Å². The van der Waals surface area contributed by atoms with Crippen molar-refractivity contribution in [3.63, 3.8) is 0 Å². The van der Waals surface area contributed by atoms with Gasteiger partial charge in [-0.15, -0.1) is 0 Å². The lowest BCUT2D eigenvalue weighted by Crippen LogP contribution is -2.44. The second-order valence-corrected chi connectivity index (χ2v) is 5.75. The molecule has 126 valence electrons. The first-order valence-electron chi connectivity index (χ1n) is 7.95. The van der Waals surface area contributed by atoms with Crippen molar-refractivity contribution < 1.29 is 9.18 Å². The van der Waals surface area contributed by atoms with E-state index in [9.17, 15) is 14.0 Å². The van der Waals surface area contributed by atoms with Gasteiger partial charge in [-0.05, 0) is 24.6 Å². The Bertz CT molecular complexity index is 801. The highest BCUT2D eigenvalue weighted by Crippen LogP contribution is 2.15. The lowest BCUT2D eigenvalue weighted by Gasteiger charge is -2.27. The number of fused-ring (bicyclic) bond motifs is 1. The zero-order chi connectivity index (χ0) is 17.1. The summed E-state index contributed by atoms with van der Waals surface area (Å²) in [6.45, 7) is 3.20. The molecule has 1 aliphatic rings. The van der Waals surface area contributed by atoms with Crippen LogP contribution in [0.25, 0.3) is 0 Å². The van der Waals surface area contributed by atoms with Gasteiger partial charge in [-0.25, -0.2) is 14.2 Å². The molecule has 3 rings (SSSR count). The van der Waals surface area contributed by atoms with Gasteiger partial charge in [-0.3, -0.25) is 4.79 Å². The topological polar surface area (TPSA) is 78.1 Å². The monoisotopic (exact) mass is 330 g/mol. The van der Waals surface area contributed by atoms with Crippen LogP contribution in [0.5, 0.6) is 0 Å². The van der Waals surface area contributed by atoms with Crippen molar-refractivity contribution in [1.82, 2.24) is 20.2 Å². The maximum absolute atomic E-state index is 13.0. The van der Waals surface area contributed by atoms with Crippen molar-refractivity contribution in [3.8, 4) is 0 Å². The molecule has 1 aromatic carbocycles. The van der Waals surface area contributed by atoms with Crippen LogP contribution in [0.3, 0.4) is 0 Å². The Morgan fingerprint density at radius 3 is 2.83 bits per heavy atom. The number of rotatable bonds is 3. The Morgan fingerprint density at radius 1 is 1.38 bits per heavy atom. The summed E-state index contributed by atoms with van der Waals surface area (Å²) >= 11 is 0. The van der Waals surface area contributed by atoms with E-state index in [1.54, 1.807) is 17.0 Å². The Labute approximate surface area is 138 Å². The molecule has 7 heteroatoms. The molecule has 6 nitrogen and oxygen atoms in total. The molecule has 2 heterocycles. The van der Waals surface area contributed by atoms with Crippen molar-refractivity contribution in [2.24, 2.45) is 0 Å².